The Morgan fingerprint density at radius 3 is 2.50 bits per heavy atom. The van der Waals surface area contributed by atoms with Crippen molar-refractivity contribution in [2.45, 2.75) is 12.3 Å². The number of hydrogen-bond donors (Lipinski definition) is 0. The first kappa shape index (κ1) is 15.0. The average molecular weight is 323 g/mol. The Morgan fingerprint density at radius 1 is 1.05 bits per heavy atom. The van der Waals surface area contributed by atoms with E-state index in [4.69, 9.17) is 0 Å². The molecular weight excluding hydrogens is 311 g/mol. The number of halogens is 3. The van der Waals surface area contributed by atoms with E-state index in [1.165, 1.54) is 28.8 Å². The summed E-state index contributed by atoms with van der Waals surface area (Å²) < 4.78 is 40.2. The number of amides is 1. The van der Waals surface area contributed by atoms with Crippen LogP contribution in [0.2, 0.25) is 0 Å². The number of carbonyl (C=O) groups is 1. The highest BCUT2D eigenvalue weighted by atomic mass is 32.2. The first-order valence-electron chi connectivity index (χ1n) is 6.62. The Morgan fingerprint density at radius 2 is 1.82 bits per heavy atom. The van der Waals surface area contributed by atoms with Crippen LogP contribution in [-0.4, -0.2) is 11.7 Å². The summed E-state index contributed by atoms with van der Waals surface area (Å²) in [7, 11) is 0. The molecule has 1 atom stereocenters. The number of aryl methyl sites for hydroxylation is 1. The van der Waals surface area contributed by atoms with Gasteiger partial charge in [0, 0.05) is 5.69 Å². The van der Waals surface area contributed by atoms with Crippen molar-refractivity contribution in [1.82, 2.24) is 0 Å². The minimum atomic E-state index is -0.965. The summed E-state index contributed by atoms with van der Waals surface area (Å²) in [5.74, 6) is -2.30. The van der Waals surface area contributed by atoms with Crippen LogP contribution in [-0.2, 0) is 4.79 Å². The van der Waals surface area contributed by atoms with Gasteiger partial charge in [-0.25, -0.2) is 13.2 Å². The number of rotatable bonds is 2. The fourth-order valence-electron chi connectivity index (χ4n) is 2.35. The number of carbonyl (C=O) groups excluding carboxylic acids is 1. The van der Waals surface area contributed by atoms with Gasteiger partial charge in [-0.05, 0) is 42.3 Å². The second kappa shape index (κ2) is 5.68. The first-order valence-corrected chi connectivity index (χ1v) is 7.67. The van der Waals surface area contributed by atoms with E-state index in [0.29, 0.717) is 16.8 Å². The molecule has 1 aliphatic rings. The zero-order chi connectivity index (χ0) is 15.9. The van der Waals surface area contributed by atoms with Gasteiger partial charge in [-0.2, -0.15) is 0 Å². The summed E-state index contributed by atoms with van der Waals surface area (Å²) in [6.07, 6.45) is 0. The van der Waals surface area contributed by atoms with Gasteiger partial charge in [0.15, 0.2) is 11.6 Å². The van der Waals surface area contributed by atoms with Gasteiger partial charge in [0.05, 0.1) is 5.75 Å². The molecule has 0 aromatic heterocycles. The van der Waals surface area contributed by atoms with Crippen molar-refractivity contribution in [3.05, 3.63) is 65.0 Å². The molecule has 1 fully saturated rings. The van der Waals surface area contributed by atoms with E-state index in [2.05, 4.69) is 0 Å². The summed E-state index contributed by atoms with van der Waals surface area (Å²) in [5.41, 5.74) is 1.36. The van der Waals surface area contributed by atoms with Gasteiger partial charge in [-0.1, -0.05) is 12.1 Å². The van der Waals surface area contributed by atoms with Crippen molar-refractivity contribution < 1.29 is 18.0 Å². The Labute approximate surface area is 129 Å². The van der Waals surface area contributed by atoms with Crippen LogP contribution in [0.15, 0.2) is 36.4 Å². The van der Waals surface area contributed by atoms with E-state index in [-0.39, 0.29) is 11.7 Å². The standard InChI is InChI=1S/C16H12F3NOS/c1-9-2-4-11(7-13(9)18)20-15(21)8-22-16(20)10-3-5-12(17)14(19)6-10/h2-7,16H,8H2,1H3/t16-/m1/s1. The molecular formula is C16H12F3NOS. The summed E-state index contributed by atoms with van der Waals surface area (Å²) >= 11 is 1.30. The molecule has 1 aliphatic heterocycles. The molecule has 1 saturated heterocycles. The Hall–Kier alpha value is -1.95. The maximum Gasteiger partial charge on any atom is 0.238 e. The van der Waals surface area contributed by atoms with Gasteiger partial charge in [-0.3, -0.25) is 9.69 Å². The smallest absolute Gasteiger partial charge is 0.238 e. The molecule has 0 spiro atoms. The molecule has 0 unspecified atom stereocenters. The highest BCUT2D eigenvalue weighted by Crippen LogP contribution is 2.42. The van der Waals surface area contributed by atoms with Crippen LogP contribution < -0.4 is 4.90 Å². The lowest BCUT2D eigenvalue weighted by Gasteiger charge is -2.24. The molecule has 3 rings (SSSR count). The van der Waals surface area contributed by atoms with E-state index in [0.717, 1.165) is 12.1 Å². The van der Waals surface area contributed by atoms with Crippen LogP contribution in [0.3, 0.4) is 0 Å². The number of nitrogens with zero attached hydrogens (tertiary/aromatic N) is 1. The Kier molecular flexibility index (Phi) is 3.87. The molecule has 0 saturated carbocycles. The summed E-state index contributed by atoms with van der Waals surface area (Å²) in [4.78, 5) is 13.5. The van der Waals surface area contributed by atoms with E-state index in [1.807, 2.05) is 0 Å². The van der Waals surface area contributed by atoms with Crippen LogP contribution in [0.1, 0.15) is 16.5 Å². The molecule has 0 aliphatic carbocycles. The lowest BCUT2D eigenvalue weighted by Crippen LogP contribution is -2.28. The molecule has 22 heavy (non-hydrogen) atoms. The molecule has 114 valence electrons. The van der Waals surface area contributed by atoms with Crippen LogP contribution in [0.25, 0.3) is 0 Å². The molecule has 6 heteroatoms. The van der Waals surface area contributed by atoms with Gasteiger partial charge in [0.1, 0.15) is 11.2 Å². The third-order valence-electron chi connectivity index (χ3n) is 3.53. The van der Waals surface area contributed by atoms with Crippen molar-refractivity contribution >= 4 is 23.4 Å². The minimum absolute atomic E-state index is 0.192. The monoisotopic (exact) mass is 323 g/mol. The maximum atomic E-state index is 13.8. The van der Waals surface area contributed by atoms with Gasteiger partial charge in [0.25, 0.3) is 0 Å². The molecule has 2 nitrogen and oxygen atoms in total. The van der Waals surface area contributed by atoms with Gasteiger partial charge in [0.2, 0.25) is 5.91 Å². The summed E-state index contributed by atoms with van der Waals surface area (Å²) in [6, 6.07) is 8.06. The fourth-order valence-corrected chi connectivity index (χ4v) is 3.51. The molecule has 2 aromatic carbocycles. The average Bonchev–Trinajstić information content (AvgIpc) is 2.87. The predicted octanol–water partition coefficient (Wildman–Crippen LogP) is 4.19. The number of anilines is 1. The Bertz CT molecular complexity index is 750. The van der Waals surface area contributed by atoms with Crippen LogP contribution in [0.5, 0.6) is 0 Å². The van der Waals surface area contributed by atoms with Crippen molar-refractivity contribution in [1.29, 1.82) is 0 Å². The largest absolute Gasteiger partial charge is 0.295 e. The molecule has 1 amide bonds. The van der Waals surface area contributed by atoms with Gasteiger partial charge >= 0.3 is 0 Å². The topological polar surface area (TPSA) is 20.3 Å². The van der Waals surface area contributed by atoms with Crippen molar-refractivity contribution in [2.24, 2.45) is 0 Å². The van der Waals surface area contributed by atoms with Crippen LogP contribution >= 0.6 is 11.8 Å². The molecule has 0 bridgehead atoms. The lowest BCUT2D eigenvalue weighted by atomic mass is 10.1. The molecule has 1 heterocycles. The molecule has 0 radical (unpaired) electrons. The maximum absolute atomic E-state index is 13.8. The van der Waals surface area contributed by atoms with Crippen LogP contribution in [0.4, 0.5) is 18.9 Å². The quantitative estimate of drug-likeness (QED) is 0.826. The zero-order valence-electron chi connectivity index (χ0n) is 11.6. The zero-order valence-corrected chi connectivity index (χ0v) is 12.5. The van der Waals surface area contributed by atoms with Crippen molar-refractivity contribution in [3.8, 4) is 0 Å². The van der Waals surface area contributed by atoms with Gasteiger partial charge in [-0.15, -0.1) is 11.8 Å². The van der Waals surface area contributed by atoms with E-state index >= 15 is 0 Å². The normalized spacial score (nSPS) is 18.1. The number of benzene rings is 2. The third-order valence-corrected chi connectivity index (χ3v) is 4.74. The predicted molar refractivity (Wildman–Crippen MR) is 80.2 cm³/mol. The fraction of sp³-hybridized carbons (Fsp3) is 0.188. The Balaban J connectivity index is 2.01. The first-order chi connectivity index (χ1) is 10.5. The van der Waals surface area contributed by atoms with E-state index in [9.17, 15) is 18.0 Å². The molecule has 2 aromatic rings. The summed E-state index contributed by atoms with van der Waals surface area (Å²) in [5, 5.41) is -0.496. The number of hydrogen-bond acceptors (Lipinski definition) is 2. The highest BCUT2D eigenvalue weighted by molar-refractivity contribution is 8.00. The third kappa shape index (κ3) is 2.59. The van der Waals surface area contributed by atoms with Crippen molar-refractivity contribution in [2.75, 3.05) is 10.7 Å². The SMILES string of the molecule is Cc1ccc(N2C(=O)CS[C@@H]2c2ccc(F)c(F)c2)cc1F. The minimum Gasteiger partial charge on any atom is -0.295 e. The molecule has 0 N–H and O–H groups in total. The second-order valence-corrected chi connectivity index (χ2v) is 6.10. The number of thioether (sulfide) groups is 1. The van der Waals surface area contributed by atoms with Gasteiger partial charge < -0.3 is 0 Å². The lowest BCUT2D eigenvalue weighted by molar-refractivity contribution is -0.115. The summed E-state index contributed by atoms with van der Waals surface area (Å²) in [6.45, 7) is 1.63. The van der Waals surface area contributed by atoms with Crippen LogP contribution in [0, 0.1) is 24.4 Å². The van der Waals surface area contributed by atoms with E-state index < -0.39 is 22.8 Å². The van der Waals surface area contributed by atoms with Crippen molar-refractivity contribution in [3.63, 3.8) is 0 Å². The highest BCUT2D eigenvalue weighted by Gasteiger charge is 2.34. The van der Waals surface area contributed by atoms with E-state index in [1.54, 1.807) is 19.1 Å². The second-order valence-electron chi connectivity index (χ2n) is 5.03.